The van der Waals surface area contributed by atoms with E-state index in [2.05, 4.69) is 15.7 Å². The van der Waals surface area contributed by atoms with E-state index in [1.807, 2.05) is 16.9 Å². The highest BCUT2D eigenvalue weighted by Crippen LogP contribution is 2.42. The molecule has 6 heteroatoms. The molecule has 2 heterocycles. The summed E-state index contributed by atoms with van der Waals surface area (Å²) in [5.74, 6) is 0.775. The first-order valence-corrected chi connectivity index (χ1v) is 8.30. The fourth-order valence-corrected chi connectivity index (χ4v) is 3.66. The van der Waals surface area contributed by atoms with Crippen molar-refractivity contribution in [2.45, 2.75) is 44.6 Å². The van der Waals surface area contributed by atoms with Crippen LogP contribution in [0.25, 0.3) is 0 Å². The SMILES string of the molecule is COCCC1(C(=O)Nc2ccn([C@@H]3CCNC3)n2)CCCC1. The molecule has 3 rings (SSSR count). The molecule has 1 atom stereocenters. The Morgan fingerprint density at radius 3 is 3.05 bits per heavy atom. The number of hydrogen-bond acceptors (Lipinski definition) is 4. The van der Waals surface area contributed by atoms with Gasteiger partial charge in [0.25, 0.3) is 0 Å². The minimum atomic E-state index is -0.269. The zero-order valence-electron chi connectivity index (χ0n) is 13.3. The number of carbonyl (C=O) groups is 1. The Bertz CT molecular complexity index is 502. The lowest BCUT2D eigenvalue weighted by molar-refractivity contribution is -0.126. The van der Waals surface area contributed by atoms with Crippen molar-refractivity contribution in [3.63, 3.8) is 0 Å². The molecular formula is C16H26N4O2. The zero-order chi connectivity index (χ0) is 15.4. The van der Waals surface area contributed by atoms with Crippen LogP contribution in [-0.2, 0) is 9.53 Å². The lowest BCUT2D eigenvalue weighted by atomic mass is 9.82. The van der Waals surface area contributed by atoms with Gasteiger partial charge in [0.2, 0.25) is 5.91 Å². The molecule has 2 N–H and O–H groups in total. The predicted molar refractivity (Wildman–Crippen MR) is 84.8 cm³/mol. The Kier molecular flexibility index (Phi) is 4.78. The maximum atomic E-state index is 12.7. The summed E-state index contributed by atoms with van der Waals surface area (Å²) >= 11 is 0. The van der Waals surface area contributed by atoms with Crippen LogP contribution < -0.4 is 10.6 Å². The minimum absolute atomic E-state index is 0.108. The van der Waals surface area contributed by atoms with Gasteiger partial charge in [-0.05, 0) is 32.2 Å². The van der Waals surface area contributed by atoms with Crippen molar-refractivity contribution in [1.29, 1.82) is 0 Å². The molecule has 0 radical (unpaired) electrons. The maximum absolute atomic E-state index is 12.7. The van der Waals surface area contributed by atoms with Crippen LogP contribution in [0.4, 0.5) is 5.82 Å². The number of aromatic nitrogens is 2. The molecule has 1 aliphatic heterocycles. The third-order valence-corrected chi connectivity index (χ3v) is 5.09. The van der Waals surface area contributed by atoms with E-state index in [0.29, 0.717) is 18.5 Å². The number of carbonyl (C=O) groups excluding carboxylic acids is 1. The molecule has 122 valence electrons. The van der Waals surface area contributed by atoms with E-state index in [1.54, 1.807) is 7.11 Å². The van der Waals surface area contributed by atoms with Crippen LogP contribution in [0.15, 0.2) is 12.3 Å². The van der Waals surface area contributed by atoms with Gasteiger partial charge in [-0.25, -0.2) is 0 Å². The first-order valence-electron chi connectivity index (χ1n) is 8.30. The molecule has 22 heavy (non-hydrogen) atoms. The quantitative estimate of drug-likeness (QED) is 0.843. The second-order valence-electron chi connectivity index (χ2n) is 6.51. The Labute approximate surface area is 131 Å². The zero-order valence-corrected chi connectivity index (χ0v) is 13.3. The highest BCUT2D eigenvalue weighted by Gasteiger charge is 2.40. The lowest BCUT2D eigenvalue weighted by Gasteiger charge is -2.26. The normalized spacial score (nSPS) is 23.8. The number of rotatable bonds is 6. The van der Waals surface area contributed by atoms with Crippen LogP contribution in [0.3, 0.4) is 0 Å². The van der Waals surface area contributed by atoms with Gasteiger partial charge in [-0.3, -0.25) is 9.48 Å². The molecule has 0 spiro atoms. The van der Waals surface area contributed by atoms with Crippen LogP contribution in [0.2, 0.25) is 0 Å². The summed E-state index contributed by atoms with van der Waals surface area (Å²) in [5, 5.41) is 10.9. The molecule has 6 nitrogen and oxygen atoms in total. The highest BCUT2D eigenvalue weighted by molar-refractivity contribution is 5.94. The summed E-state index contributed by atoms with van der Waals surface area (Å²) in [5.41, 5.74) is -0.269. The second kappa shape index (κ2) is 6.79. The third-order valence-electron chi connectivity index (χ3n) is 5.09. The number of amides is 1. The lowest BCUT2D eigenvalue weighted by Crippen LogP contribution is -2.35. The number of ether oxygens (including phenoxy) is 1. The number of nitrogens with one attached hydrogen (secondary N) is 2. The molecule has 1 aromatic rings. The summed E-state index contributed by atoms with van der Waals surface area (Å²) in [6.45, 7) is 2.62. The second-order valence-corrected chi connectivity index (χ2v) is 6.51. The number of hydrogen-bond donors (Lipinski definition) is 2. The van der Waals surface area contributed by atoms with E-state index >= 15 is 0 Å². The smallest absolute Gasteiger partial charge is 0.231 e. The van der Waals surface area contributed by atoms with Crippen molar-refractivity contribution < 1.29 is 9.53 Å². The molecule has 1 amide bonds. The third kappa shape index (κ3) is 3.17. The Balaban J connectivity index is 1.64. The molecule has 1 aliphatic carbocycles. The largest absolute Gasteiger partial charge is 0.385 e. The topological polar surface area (TPSA) is 68.2 Å². The number of methoxy groups -OCH3 is 1. The van der Waals surface area contributed by atoms with Crippen molar-refractivity contribution in [3.8, 4) is 0 Å². The fourth-order valence-electron chi connectivity index (χ4n) is 3.66. The first-order chi connectivity index (χ1) is 10.7. The summed E-state index contributed by atoms with van der Waals surface area (Å²) in [7, 11) is 1.69. The summed E-state index contributed by atoms with van der Waals surface area (Å²) in [6, 6.07) is 2.30. The molecule has 2 fully saturated rings. The predicted octanol–water partition coefficient (Wildman–Crippen LogP) is 1.95. The van der Waals surface area contributed by atoms with Crippen LogP contribution in [-0.4, -0.2) is 42.5 Å². The first kappa shape index (κ1) is 15.5. The van der Waals surface area contributed by atoms with E-state index in [4.69, 9.17) is 4.74 Å². The van der Waals surface area contributed by atoms with Crippen molar-refractivity contribution in [2.24, 2.45) is 5.41 Å². The molecular weight excluding hydrogens is 280 g/mol. The van der Waals surface area contributed by atoms with Crippen molar-refractivity contribution in [1.82, 2.24) is 15.1 Å². The van der Waals surface area contributed by atoms with Gasteiger partial charge in [0.15, 0.2) is 5.82 Å². The van der Waals surface area contributed by atoms with Gasteiger partial charge in [0.05, 0.1) is 11.5 Å². The number of nitrogens with zero attached hydrogens (tertiary/aromatic N) is 2. The van der Waals surface area contributed by atoms with Crippen LogP contribution in [0, 0.1) is 5.41 Å². The Morgan fingerprint density at radius 1 is 1.55 bits per heavy atom. The maximum Gasteiger partial charge on any atom is 0.231 e. The van der Waals surface area contributed by atoms with Gasteiger partial charge in [0.1, 0.15) is 0 Å². The summed E-state index contributed by atoms with van der Waals surface area (Å²) in [6.07, 6.45) is 8.00. The average molecular weight is 306 g/mol. The average Bonchev–Trinajstić information content (AvgIpc) is 3.26. The standard InChI is InChI=1S/C16H26N4O2/c1-22-11-8-16(6-2-3-7-16)15(21)18-14-5-10-20(19-14)13-4-9-17-12-13/h5,10,13,17H,2-4,6-9,11-12H2,1H3,(H,18,19,21)/t13-/m1/s1. The Hall–Kier alpha value is -1.40. The molecule has 1 saturated heterocycles. The number of anilines is 1. The van der Waals surface area contributed by atoms with E-state index in [1.165, 1.54) is 0 Å². The van der Waals surface area contributed by atoms with Crippen molar-refractivity contribution in [2.75, 3.05) is 32.1 Å². The monoisotopic (exact) mass is 306 g/mol. The minimum Gasteiger partial charge on any atom is -0.385 e. The van der Waals surface area contributed by atoms with Crippen molar-refractivity contribution in [3.05, 3.63) is 12.3 Å². The van der Waals surface area contributed by atoms with Crippen molar-refractivity contribution >= 4 is 11.7 Å². The van der Waals surface area contributed by atoms with Gasteiger partial charge in [-0.1, -0.05) is 12.8 Å². The van der Waals surface area contributed by atoms with Crippen LogP contribution in [0.1, 0.15) is 44.6 Å². The van der Waals surface area contributed by atoms with E-state index in [0.717, 1.165) is 51.6 Å². The molecule has 1 aromatic heterocycles. The van der Waals surface area contributed by atoms with Crippen LogP contribution in [0.5, 0.6) is 0 Å². The van der Waals surface area contributed by atoms with Gasteiger partial charge in [-0.15, -0.1) is 0 Å². The molecule has 0 unspecified atom stereocenters. The van der Waals surface area contributed by atoms with E-state index in [-0.39, 0.29) is 11.3 Å². The van der Waals surface area contributed by atoms with E-state index < -0.39 is 0 Å². The molecule has 2 aliphatic rings. The van der Waals surface area contributed by atoms with Gasteiger partial charge in [0, 0.05) is 32.5 Å². The molecule has 1 saturated carbocycles. The Morgan fingerprint density at radius 2 is 2.36 bits per heavy atom. The molecule has 0 aromatic carbocycles. The summed E-state index contributed by atoms with van der Waals surface area (Å²) < 4.78 is 7.16. The van der Waals surface area contributed by atoms with Gasteiger partial charge < -0.3 is 15.4 Å². The van der Waals surface area contributed by atoms with Gasteiger partial charge in [-0.2, -0.15) is 5.10 Å². The van der Waals surface area contributed by atoms with E-state index in [9.17, 15) is 4.79 Å². The highest BCUT2D eigenvalue weighted by atomic mass is 16.5. The van der Waals surface area contributed by atoms with Crippen LogP contribution >= 0.6 is 0 Å². The summed E-state index contributed by atoms with van der Waals surface area (Å²) in [4.78, 5) is 12.7. The fraction of sp³-hybridized carbons (Fsp3) is 0.750. The molecule has 0 bridgehead atoms. The van der Waals surface area contributed by atoms with Gasteiger partial charge >= 0.3 is 0 Å².